The van der Waals surface area contributed by atoms with Crippen molar-refractivity contribution in [1.82, 2.24) is 10.2 Å². The number of aliphatic hydroxyl groups excluding tert-OH is 1. The topological polar surface area (TPSA) is 48.9 Å². The Kier molecular flexibility index (Phi) is 3.23. The van der Waals surface area contributed by atoms with E-state index < -0.39 is 0 Å². The lowest BCUT2D eigenvalue weighted by Crippen LogP contribution is -1.82. The normalized spacial score (nSPS) is 10.6. The molecule has 1 heterocycles. The summed E-state index contributed by atoms with van der Waals surface area (Å²) in [5.74, 6) is 0. The van der Waals surface area contributed by atoms with Crippen molar-refractivity contribution in [3.63, 3.8) is 0 Å². The third kappa shape index (κ3) is 2.14. The molecule has 0 saturated heterocycles. The molecule has 0 spiro atoms. The van der Waals surface area contributed by atoms with Gasteiger partial charge < -0.3 is 5.11 Å². The molecule has 2 rings (SSSR count). The highest BCUT2D eigenvalue weighted by atomic mass is 79.9. The van der Waals surface area contributed by atoms with E-state index in [-0.39, 0.29) is 6.61 Å². The van der Waals surface area contributed by atoms with Gasteiger partial charge in [-0.15, -0.1) is 0 Å². The van der Waals surface area contributed by atoms with Crippen molar-refractivity contribution in [2.75, 3.05) is 0 Å². The summed E-state index contributed by atoms with van der Waals surface area (Å²) < 4.78 is 1.81. The predicted molar refractivity (Wildman–Crippen MR) is 65.3 cm³/mol. The predicted octanol–water partition coefficient (Wildman–Crippen LogP) is 3.09. The summed E-state index contributed by atoms with van der Waals surface area (Å²) in [7, 11) is 0. The van der Waals surface area contributed by atoms with Gasteiger partial charge >= 0.3 is 0 Å². The van der Waals surface area contributed by atoms with Gasteiger partial charge in [-0.05, 0) is 28.1 Å². The van der Waals surface area contributed by atoms with Crippen LogP contribution in [0.5, 0.6) is 0 Å². The molecule has 3 nitrogen and oxygen atoms in total. The van der Waals surface area contributed by atoms with Crippen molar-refractivity contribution in [3.8, 4) is 11.3 Å². The zero-order valence-electron chi connectivity index (χ0n) is 7.67. The Morgan fingerprint density at radius 2 is 2.13 bits per heavy atom. The molecule has 0 aliphatic heterocycles. The molecule has 5 heteroatoms. The van der Waals surface area contributed by atoms with Crippen LogP contribution in [0.15, 0.2) is 33.2 Å². The number of halogens is 2. The number of hydrogen-bond acceptors (Lipinski definition) is 2. The van der Waals surface area contributed by atoms with Gasteiger partial charge in [0.15, 0.2) is 0 Å². The summed E-state index contributed by atoms with van der Waals surface area (Å²) in [6, 6.07) is 7.84. The largest absolute Gasteiger partial charge is 0.390 e. The fraction of sp³-hybridized carbons (Fsp3) is 0.100. The average molecular weight is 332 g/mol. The van der Waals surface area contributed by atoms with Crippen LogP contribution in [0, 0.1) is 0 Å². The van der Waals surface area contributed by atoms with Crippen LogP contribution in [-0.2, 0) is 6.61 Å². The molecule has 0 unspecified atom stereocenters. The SMILES string of the molecule is OCc1[nH]nc(-c2cccc(Br)c2)c1Br. The lowest BCUT2D eigenvalue weighted by molar-refractivity contribution is 0.276. The molecule has 2 aromatic rings. The van der Waals surface area contributed by atoms with E-state index in [1.54, 1.807) is 0 Å². The second-order valence-corrected chi connectivity index (χ2v) is 4.74. The van der Waals surface area contributed by atoms with Crippen LogP contribution in [0.3, 0.4) is 0 Å². The molecule has 0 amide bonds. The summed E-state index contributed by atoms with van der Waals surface area (Å²) in [5.41, 5.74) is 2.48. The molecular weight excluding hydrogens is 324 g/mol. The Labute approximate surface area is 104 Å². The third-order valence-electron chi connectivity index (χ3n) is 2.03. The molecule has 0 saturated carbocycles. The standard InChI is InChI=1S/C10H8Br2N2O/c11-7-3-1-2-6(4-7)10-9(12)8(5-15)13-14-10/h1-4,15H,5H2,(H,13,14). The van der Waals surface area contributed by atoms with E-state index in [2.05, 4.69) is 42.1 Å². The van der Waals surface area contributed by atoms with Crippen molar-refractivity contribution in [3.05, 3.63) is 38.9 Å². The second kappa shape index (κ2) is 4.47. The number of aliphatic hydroxyl groups is 1. The number of rotatable bonds is 2. The summed E-state index contributed by atoms with van der Waals surface area (Å²) in [6.07, 6.45) is 0. The van der Waals surface area contributed by atoms with E-state index >= 15 is 0 Å². The van der Waals surface area contributed by atoms with Gasteiger partial charge in [0.05, 0.1) is 16.8 Å². The van der Waals surface area contributed by atoms with Gasteiger partial charge in [0.2, 0.25) is 0 Å². The molecule has 1 aromatic heterocycles. The van der Waals surface area contributed by atoms with Crippen molar-refractivity contribution in [2.45, 2.75) is 6.61 Å². The fourth-order valence-corrected chi connectivity index (χ4v) is 2.23. The van der Waals surface area contributed by atoms with Crippen molar-refractivity contribution < 1.29 is 5.11 Å². The molecule has 0 radical (unpaired) electrons. The van der Waals surface area contributed by atoms with Crippen molar-refractivity contribution >= 4 is 31.9 Å². The first-order chi connectivity index (χ1) is 7.22. The Bertz CT molecular complexity index is 482. The maximum Gasteiger partial charge on any atom is 0.107 e. The highest BCUT2D eigenvalue weighted by molar-refractivity contribution is 9.11. The highest BCUT2D eigenvalue weighted by Crippen LogP contribution is 2.30. The molecule has 0 bridgehead atoms. The summed E-state index contributed by atoms with van der Waals surface area (Å²) in [4.78, 5) is 0. The number of nitrogens with one attached hydrogen (secondary N) is 1. The first-order valence-electron chi connectivity index (χ1n) is 4.32. The van der Waals surface area contributed by atoms with Crippen LogP contribution in [0.1, 0.15) is 5.69 Å². The first-order valence-corrected chi connectivity index (χ1v) is 5.90. The molecule has 0 aliphatic rings. The summed E-state index contributed by atoms with van der Waals surface area (Å²) >= 11 is 6.81. The Balaban J connectivity index is 2.49. The molecule has 0 aliphatic carbocycles. The van der Waals surface area contributed by atoms with E-state index in [9.17, 15) is 0 Å². The zero-order chi connectivity index (χ0) is 10.8. The van der Waals surface area contributed by atoms with Crippen LogP contribution in [0.25, 0.3) is 11.3 Å². The van der Waals surface area contributed by atoms with Crippen LogP contribution < -0.4 is 0 Å². The van der Waals surface area contributed by atoms with Crippen molar-refractivity contribution in [2.24, 2.45) is 0 Å². The maximum atomic E-state index is 9.02. The van der Waals surface area contributed by atoms with Crippen LogP contribution >= 0.6 is 31.9 Å². The first kappa shape index (κ1) is 10.9. The van der Waals surface area contributed by atoms with Crippen molar-refractivity contribution in [1.29, 1.82) is 0 Å². The molecule has 15 heavy (non-hydrogen) atoms. The van der Waals surface area contributed by atoms with Gasteiger partial charge in [0, 0.05) is 10.0 Å². The van der Waals surface area contributed by atoms with Gasteiger partial charge in [-0.3, -0.25) is 5.10 Å². The highest BCUT2D eigenvalue weighted by Gasteiger charge is 2.11. The zero-order valence-corrected chi connectivity index (χ0v) is 10.8. The van der Waals surface area contributed by atoms with Crippen LogP contribution in [0.4, 0.5) is 0 Å². The summed E-state index contributed by atoms with van der Waals surface area (Å²) in [5, 5.41) is 15.9. The van der Waals surface area contributed by atoms with E-state index in [4.69, 9.17) is 5.11 Å². The molecule has 2 N–H and O–H groups in total. The quantitative estimate of drug-likeness (QED) is 0.888. The van der Waals surface area contributed by atoms with E-state index in [1.165, 1.54) is 0 Å². The average Bonchev–Trinajstić information content (AvgIpc) is 2.59. The van der Waals surface area contributed by atoms with Gasteiger partial charge in [-0.1, -0.05) is 28.1 Å². The smallest absolute Gasteiger partial charge is 0.107 e. The molecule has 78 valence electrons. The number of hydrogen-bond donors (Lipinski definition) is 2. The lowest BCUT2D eigenvalue weighted by Gasteiger charge is -1.98. The van der Waals surface area contributed by atoms with E-state index in [0.29, 0.717) is 5.69 Å². The lowest BCUT2D eigenvalue weighted by atomic mass is 10.1. The van der Waals surface area contributed by atoms with E-state index in [0.717, 1.165) is 20.2 Å². The minimum Gasteiger partial charge on any atom is -0.390 e. The fourth-order valence-electron chi connectivity index (χ4n) is 1.30. The third-order valence-corrected chi connectivity index (χ3v) is 3.38. The minimum atomic E-state index is -0.0540. The molecule has 0 atom stereocenters. The number of H-pyrrole nitrogens is 1. The molecule has 0 fully saturated rings. The number of nitrogens with zero attached hydrogens (tertiary/aromatic N) is 1. The number of aromatic nitrogens is 2. The second-order valence-electron chi connectivity index (χ2n) is 3.03. The Hall–Kier alpha value is -0.650. The van der Waals surface area contributed by atoms with Crippen LogP contribution in [0.2, 0.25) is 0 Å². The van der Waals surface area contributed by atoms with E-state index in [1.807, 2.05) is 24.3 Å². The number of benzene rings is 1. The molecular formula is C10H8Br2N2O. The Morgan fingerprint density at radius 1 is 1.33 bits per heavy atom. The Morgan fingerprint density at radius 3 is 2.73 bits per heavy atom. The van der Waals surface area contributed by atoms with Crippen LogP contribution in [-0.4, -0.2) is 15.3 Å². The van der Waals surface area contributed by atoms with Gasteiger partial charge in [0.25, 0.3) is 0 Å². The minimum absolute atomic E-state index is 0.0540. The van der Waals surface area contributed by atoms with Gasteiger partial charge in [0.1, 0.15) is 5.69 Å². The maximum absolute atomic E-state index is 9.02. The molecule has 1 aromatic carbocycles. The van der Waals surface area contributed by atoms with Gasteiger partial charge in [-0.2, -0.15) is 5.10 Å². The number of aromatic amines is 1. The summed E-state index contributed by atoms with van der Waals surface area (Å²) in [6.45, 7) is -0.0540. The monoisotopic (exact) mass is 330 g/mol. The van der Waals surface area contributed by atoms with Gasteiger partial charge in [-0.25, -0.2) is 0 Å².